The fraction of sp³-hybridized carbons (Fsp3) is 0.333. The highest BCUT2D eigenvalue weighted by molar-refractivity contribution is 6.04. The molecular formula is C24H27N7O2. The molecule has 33 heavy (non-hydrogen) atoms. The minimum Gasteiger partial charge on any atom is -0.379 e. The van der Waals surface area contributed by atoms with Gasteiger partial charge in [-0.25, -0.2) is 4.52 Å². The predicted molar refractivity (Wildman–Crippen MR) is 127 cm³/mol. The van der Waals surface area contributed by atoms with E-state index in [2.05, 4.69) is 30.8 Å². The van der Waals surface area contributed by atoms with Crippen LogP contribution in [0.4, 0.5) is 17.2 Å². The number of anilines is 3. The lowest BCUT2D eigenvalue weighted by Gasteiger charge is -2.41. The summed E-state index contributed by atoms with van der Waals surface area (Å²) in [4.78, 5) is 19.3. The summed E-state index contributed by atoms with van der Waals surface area (Å²) in [5.74, 6) is 0.916. The maximum absolute atomic E-state index is 12.8. The number of aryl methyl sites for hydroxylation is 1. The van der Waals surface area contributed by atoms with Gasteiger partial charge in [0.05, 0.1) is 24.1 Å². The van der Waals surface area contributed by atoms with Crippen molar-refractivity contribution in [2.24, 2.45) is 0 Å². The van der Waals surface area contributed by atoms with Crippen molar-refractivity contribution in [3.63, 3.8) is 0 Å². The van der Waals surface area contributed by atoms with Crippen LogP contribution in [0.1, 0.15) is 42.5 Å². The maximum atomic E-state index is 12.8. The molecule has 1 aliphatic rings. The third-order valence-electron chi connectivity index (χ3n) is 5.88. The van der Waals surface area contributed by atoms with Gasteiger partial charge in [-0.05, 0) is 24.6 Å². The van der Waals surface area contributed by atoms with Gasteiger partial charge in [0, 0.05) is 48.2 Å². The highest BCUT2D eigenvalue weighted by atomic mass is 16.5. The zero-order valence-electron chi connectivity index (χ0n) is 19.2. The zero-order valence-corrected chi connectivity index (χ0v) is 19.2. The molecule has 0 atom stereocenters. The molecule has 1 fully saturated rings. The highest BCUT2D eigenvalue weighted by Crippen LogP contribution is 2.28. The van der Waals surface area contributed by atoms with Gasteiger partial charge in [-0.3, -0.25) is 9.78 Å². The minimum atomic E-state index is -0.221. The molecule has 0 aliphatic carbocycles. The zero-order chi connectivity index (χ0) is 23.2. The van der Waals surface area contributed by atoms with E-state index in [0.29, 0.717) is 11.4 Å². The standard InChI is InChI=1S/C24H27N7O2/c1-15-5-6-16(23(32)28-22-10-21(33-29-22)24(2,3)4)9-18(15)27-17-13-30(14-17)19-12-26-31-8-7-25-11-20(19)31/h5-12,17,27H,13-14H2,1-4H3,(H,28,29,32). The van der Waals surface area contributed by atoms with Gasteiger partial charge in [-0.15, -0.1) is 0 Å². The average Bonchev–Trinajstić information content (AvgIpc) is 3.39. The third kappa shape index (κ3) is 4.13. The second kappa shape index (κ2) is 7.91. The molecule has 0 saturated carbocycles. The molecule has 170 valence electrons. The van der Waals surface area contributed by atoms with Crippen molar-refractivity contribution < 1.29 is 9.32 Å². The normalized spacial score (nSPS) is 14.4. The fourth-order valence-corrected chi connectivity index (χ4v) is 3.85. The molecule has 4 heterocycles. The monoisotopic (exact) mass is 445 g/mol. The van der Waals surface area contributed by atoms with Crippen LogP contribution in [0.2, 0.25) is 0 Å². The van der Waals surface area contributed by atoms with Crippen molar-refractivity contribution in [2.75, 3.05) is 28.6 Å². The molecule has 1 saturated heterocycles. The van der Waals surface area contributed by atoms with E-state index < -0.39 is 0 Å². The van der Waals surface area contributed by atoms with Gasteiger partial charge in [-0.1, -0.05) is 32.0 Å². The van der Waals surface area contributed by atoms with Gasteiger partial charge in [0.1, 0.15) is 11.3 Å². The van der Waals surface area contributed by atoms with Crippen LogP contribution in [0, 0.1) is 6.92 Å². The van der Waals surface area contributed by atoms with Gasteiger partial charge in [0.25, 0.3) is 5.91 Å². The van der Waals surface area contributed by atoms with E-state index in [9.17, 15) is 4.79 Å². The van der Waals surface area contributed by atoms with E-state index in [1.807, 2.05) is 69.0 Å². The van der Waals surface area contributed by atoms with Gasteiger partial charge < -0.3 is 20.1 Å². The number of nitrogens with one attached hydrogen (secondary N) is 2. The van der Waals surface area contributed by atoms with E-state index >= 15 is 0 Å². The second-order valence-electron chi connectivity index (χ2n) is 9.49. The van der Waals surface area contributed by atoms with Gasteiger partial charge >= 0.3 is 0 Å². The molecule has 0 radical (unpaired) electrons. The summed E-state index contributed by atoms with van der Waals surface area (Å²) >= 11 is 0. The van der Waals surface area contributed by atoms with E-state index in [0.717, 1.165) is 41.3 Å². The van der Waals surface area contributed by atoms with Crippen LogP contribution in [-0.4, -0.2) is 44.8 Å². The van der Waals surface area contributed by atoms with Gasteiger partial charge in [-0.2, -0.15) is 5.10 Å². The summed E-state index contributed by atoms with van der Waals surface area (Å²) in [6, 6.07) is 7.70. The molecule has 4 aromatic rings. The molecule has 0 spiro atoms. The number of carbonyl (C=O) groups is 1. The number of nitrogens with zero attached hydrogens (tertiary/aromatic N) is 5. The third-order valence-corrected chi connectivity index (χ3v) is 5.88. The highest BCUT2D eigenvalue weighted by Gasteiger charge is 2.29. The number of carbonyl (C=O) groups excluding carboxylic acids is 1. The molecule has 1 aliphatic heterocycles. The summed E-state index contributed by atoms with van der Waals surface area (Å²) in [6.07, 6.45) is 7.27. The Labute approximate surface area is 191 Å². The Morgan fingerprint density at radius 2 is 2.00 bits per heavy atom. The second-order valence-corrected chi connectivity index (χ2v) is 9.49. The fourth-order valence-electron chi connectivity index (χ4n) is 3.85. The quantitative estimate of drug-likeness (QED) is 0.481. The first kappa shape index (κ1) is 21.0. The predicted octanol–water partition coefficient (Wildman–Crippen LogP) is 3.88. The van der Waals surface area contributed by atoms with Gasteiger partial charge in [0.2, 0.25) is 0 Å². The van der Waals surface area contributed by atoms with Crippen molar-refractivity contribution in [1.82, 2.24) is 19.8 Å². The Hall–Kier alpha value is -3.88. The number of aromatic nitrogens is 4. The van der Waals surface area contributed by atoms with Gasteiger partial charge in [0.15, 0.2) is 5.82 Å². The molecule has 5 rings (SSSR count). The smallest absolute Gasteiger partial charge is 0.256 e. The number of fused-ring (bicyclic) bond motifs is 1. The Bertz CT molecular complexity index is 1310. The molecule has 1 aromatic carbocycles. The molecule has 1 amide bonds. The summed E-state index contributed by atoms with van der Waals surface area (Å²) in [7, 11) is 0. The Morgan fingerprint density at radius 3 is 2.76 bits per heavy atom. The lowest BCUT2D eigenvalue weighted by Crippen LogP contribution is -2.55. The van der Waals surface area contributed by atoms with Crippen LogP contribution < -0.4 is 15.5 Å². The van der Waals surface area contributed by atoms with Crippen molar-refractivity contribution in [1.29, 1.82) is 0 Å². The Kier molecular flexibility index (Phi) is 5.03. The van der Waals surface area contributed by atoms with Crippen molar-refractivity contribution >= 4 is 28.6 Å². The van der Waals surface area contributed by atoms with Crippen LogP contribution in [0.25, 0.3) is 5.52 Å². The summed E-state index contributed by atoms with van der Waals surface area (Å²) in [5.41, 5.74) is 4.49. The van der Waals surface area contributed by atoms with Crippen LogP contribution in [0.5, 0.6) is 0 Å². The molecule has 0 unspecified atom stereocenters. The maximum Gasteiger partial charge on any atom is 0.256 e. The number of benzene rings is 1. The molecule has 9 nitrogen and oxygen atoms in total. The number of hydrogen-bond donors (Lipinski definition) is 2. The number of hydrogen-bond acceptors (Lipinski definition) is 7. The average molecular weight is 446 g/mol. The lowest BCUT2D eigenvalue weighted by atomic mass is 9.93. The van der Waals surface area contributed by atoms with Crippen molar-refractivity contribution in [2.45, 2.75) is 39.2 Å². The van der Waals surface area contributed by atoms with Crippen molar-refractivity contribution in [3.05, 3.63) is 65.9 Å². The Balaban J connectivity index is 1.24. The van der Waals surface area contributed by atoms with Crippen LogP contribution in [-0.2, 0) is 5.41 Å². The topological polar surface area (TPSA) is 101 Å². The molecule has 2 N–H and O–H groups in total. The van der Waals surface area contributed by atoms with Crippen LogP contribution >= 0.6 is 0 Å². The minimum absolute atomic E-state index is 0.173. The van der Waals surface area contributed by atoms with Crippen LogP contribution in [0.3, 0.4) is 0 Å². The SMILES string of the molecule is Cc1ccc(C(=O)Nc2cc(C(C)(C)C)on2)cc1NC1CN(c2cnn3ccncc23)C1. The summed E-state index contributed by atoms with van der Waals surface area (Å²) in [6.45, 7) is 9.83. The van der Waals surface area contributed by atoms with Crippen molar-refractivity contribution in [3.8, 4) is 0 Å². The first-order valence-corrected chi connectivity index (χ1v) is 11.0. The Morgan fingerprint density at radius 1 is 1.18 bits per heavy atom. The number of rotatable bonds is 5. The summed E-state index contributed by atoms with van der Waals surface area (Å²) in [5, 5.41) is 14.8. The molecule has 0 bridgehead atoms. The molecular weight excluding hydrogens is 418 g/mol. The van der Waals surface area contributed by atoms with E-state index in [4.69, 9.17) is 4.52 Å². The lowest BCUT2D eigenvalue weighted by molar-refractivity contribution is 0.102. The van der Waals surface area contributed by atoms with E-state index in [1.54, 1.807) is 12.3 Å². The van der Waals surface area contributed by atoms with E-state index in [-0.39, 0.29) is 17.4 Å². The number of amides is 1. The molecule has 3 aromatic heterocycles. The first-order valence-electron chi connectivity index (χ1n) is 11.0. The van der Waals surface area contributed by atoms with E-state index in [1.165, 1.54) is 0 Å². The van der Waals surface area contributed by atoms with Crippen LogP contribution in [0.15, 0.2) is 53.6 Å². The largest absolute Gasteiger partial charge is 0.379 e. The first-order chi connectivity index (χ1) is 15.8. The molecule has 9 heteroatoms. The summed E-state index contributed by atoms with van der Waals surface area (Å²) < 4.78 is 7.19.